The largest absolute Gasteiger partial charge is 0.490 e. The van der Waals surface area contributed by atoms with Crippen molar-refractivity contribution in [1.82, 2.24) is 5.32 Å². The molecule has 0 aliphatic carbocycles. The molecule has 0 bridgehead atoms. The van der Waals surface area contributed by atoms with Gasteiger partial charge in [-0.25, -0.2) is 0 Å². The molecular weight excluding hydrogens is 400 g/mol. The normalized spacial score (nSPS) is 10.5. The van der Waals surface area contributed by atoms with E-state index < -0.39 is 0 Å². The molecule has 0 saturated carbocycles. The summed E-state index contributed by atoms with van der Waals surface area (Å²) in [6, 6.07) is 11.2. The average molecular weight is 421 g/mol. The van der Waals surface area contributed by atoms with Crippen molar-refractivity contribution in [3.63, 3.8) is 0 Å². The fraction of sp³-hybridized carbons (Fsp3) is 0.263. The van der Waals surface area contributed by atoms with Gasteiger partial charge >= 0.3 is 0 Å². The highest BCUT2D eigenvalue weighted by molar-refractivity contribution is 9.10. The van der Waals surface area contributed by atoms with Crippen LogP contribution in [-0.4, -0.2) is 17.1 Å². The molecule has 2 N–H and O–H groups in total. The third kappa shape index (κ3) is 5.28. The molecule has 0 heterocycles. The Labute approximate surface area is 162 Å². The Morgan fingerprint density at radius 1 is 1.20 bits per heavy atom. The smallest absolute Gasteiger partial charge is 0.261 e. The molecule has 6 heteroatoms. The van der Waals surface area contributed by atoms with E-state index in [1.807, 2.05) is 52.0 Å². The highest BCUT2D eigenvalue weighted by atomic mass is 79.9. The second-order valence-electron chi connectivity index (χ2n) is 5.96. The number of aryl methyl sites for hydroxylation is 1. The molecule has 0 aliphatic rings. The van der Waals surface area contributed by atoms with E-state index in [1.165, 1.54) is 0 Å². The van der Waals surface area contributed by atoms with Crippen LogP contribution >= 0.6 is 28.1 Å². The van der Waals surface area contributed by atoms with Crippen molar-refractivity contribution in [3.8, 4) is 5.75 Å². The second kappa shape index (κ2) is 8.45. The molecule has 2 aromatic carbocycles. The van der Waals surface area contributed by atoms with E-state index in [0.717, 1.165) is 21.3 Å². The maximum absolute atomic E-state index is 12.6. The van der Waals surface area contributed by atoms with Gasteiger partial charge < -0.3 is 10.1 Å². The standard InChI is InChI=1S/C19H21BrN2O2S/c1-11(2)24-17-9-8-14(20)10-15(17)18(23)22-19(25)21-16-7-5-6-12(3)13(16)4/h5-11H,1-4H3,(H2,21,22,23,25). The number of halogens is 1. The average Bonchev–Trinajstić information content (AvgIpc) is 2.53. The monoisotopic (exact) mass is 420 g/mol. The van der Waals surface area contributed by atoms with Gasteiger partial charge in [-0.1, -0.05) is 28.1 Å². The van der Waals surface area contributed by atoms with Crippen molar-refractivity contribution in [2.24, 2.45) is 0 Å². The van der Waals surface area contributed by atoms with Crippen LogP contribution in [0.4, 0.5) is 5.69 Å². The number of hydrogen-bond donors (Lipinski definition) is 2. The lowest BCUT2D eigenvalue weighted by atomic mass is 10.1. The maximum Gasteiger partial charge on any atom is 0.261 e. The number of hydrogen-bond acceptors (Lipinski definition) is 3. The van der Waals surface area contributed by atoms with Crippen molar-refractivity contribution in [2.75, 3.05) is 5.32 Å². The van der Waals surface area contributed by atoms with Crippen molar-refractivity contribution in [2.45, 2.75) is 33.8 Å². The molecule has 0 atom stereocenters. The van der Waals surface area contributed by atoms with Crippen LogP contribution in [0, 0.1) is 13.8 Å². The van der Waals surface area contributed by atoms with Crippen LogP contribution in [0.25, 0.3) is 0 Å². The molecule has 0 aromatic heterocycles. The summed E-state index contributed by atoms with van der Waals surface area (Å²) in [5.74, 6) is 0.199. The fourth-order valence-electron chi connectivity index (χ4n) is 2.25. The molecule has 1 amide bonds. The van der Waals surface area contributed by atoms with Gasteiger partial charge in [0.25, 0.3) is 5.91 Å². The molecule has 0 saturated heterocycles. The second-order valence-corrected chi connectivity index (χ2v) is 7.29. The van der Waals surface area contributed by atoms with E-state index in [4.69, 9.17) is 17.0 Å². The van der Waals surface area contributed by atoms with Crippen LogP contribution in [0.3, 0.4) is 0 Å². The first kappa shape index (κ1) is 19.4. The van der Waals surface area contributed by atoms with Gasteiger partial charge in [0.1, 0.15) is 5.75 Å². The van der Waals surface area contributed by atoms with Gasteiger partial charge in [-0.05, 0) is 75.3 Å². The zero-order valence-electron chi connectivity index (χ0n) is 14.6. The number of amides is 1. The summed E-state index contributed by atoms with van der Waals surface area (Å²) in [5, 5.41) is 6.03. The van der Waals surface area contributed by atoms with Crippen molar-refractivity contribution in [3.05, 3.63) is 57.6 Å². The number of thiocarbonyl (C=S) groups is 1. The van der Waals surface area contributed by atoms with Gasteiger partial charge in [0, 0.05) is 10.2 Å². The van der Waals surface area contributed by atoms with E-state index in [1.54, 1.807) is 12.1 Å². The number of benzene rings is 2. The number of ether oxygens (including phenoxy) is 1. The molecule has 132 valence electrons. The minimum atomic E-state index is -0.320. The van der Waals surface area contributed by atoms with Crippen molar-refractivity contribution in [1.29, 1.82) is 0 Å². The molecule has 25 heavy (non-hydrogen) atoms. The minimum absolute atomic E-state index is 0.0345. The molecule has 0 radical (unpaired) electrons. The Bertz CT molecular complexity index is 806. The van der Waals surface area contributed by atoms with Gasteiger partial charge in [0.15, 0.2) is 5.11 Å². The summed E-state index contributed by atoms with van der Waals surface area (Å²) in [6.45, 7) is 7.86. The summed E-state index contributed by atoms with van der Waals surface area (Å²) in [7, 11) is 0. The van der Waals surface area contributed by atoms with E-state index in [9.17, 15) is 4.79 Å². The number of carbonyl (C=O) groups excluding carboxylic acids is 1. The van der Waals surface area contributed by atoms with Crippen LogP contribution in [0.1, 0.15) is 35.3 Å². The van der Waals surface area contributed by atoms with Gasteiger partial charge in [0.2, 0.25) is 0 Å². The van der Waals surface area contributed by atoms with Crippen molar-refractivity contribution < 1.29 is 9.53 Å². The Hall–Kier alpha value is -1.92. The molecular formula is C19H21BrN2O2S. The van der Waals surface area contributed by atoms with Gasteiger partial charge in [0.05, 0.1) is 11.7 Å². The van der Waals surface area contributed by atoms with Crippen LogP contribution in [-0.2, 0) is 0 Å². The molecule has 0 fully saturated rings. The van der Waals surface area contributed by atoms with E-state index in [0.29, 0.717) is 11.3 Å². The summed E-state index contributed by atoms with van der Waals surface area (Å²) in [4.78, 5) is 12.6. The lowest BCUT2D eigenvalue weighted by molar-refractivity contribution is 0.0972. The van der Waals surface area contributed by atoms with Crippen LogP contribution in [0.5, 0.6) is 5.75 Å². The number of anilines is 1. The van der Waals surface area contributed by atoms with Crippen LogP contribution < -0.4 is 15.4 Å². The van der Waals surface area contributed by atoms with E-state index in [-0.39, 0.29) is 17.1 Å². The highest BCUT2D eigenvalue weighted by Crippen LogP contribution is 2.24. The predicted octanol–water partition coefficient (Wildman–Crippen LogP) is 4.98. The molecule has 2 rings (SSSR count). The minimum Gasteiger partial charge on any atom is -0.490 e. The molecule has 4 nitrogen and oxygen atoms in total. The molecule has 2 aromatic rings. The SMILES string of the molecule is Cc1cccc(NC(=S)NC(=O)c2cc(Br)ccc2OC(C)C)c1C. The van der Waals surface area contributed by atoms with E-state index in [2.05, 4.69) is 26.6 Å². The molecule has 0 aliphatic heterocycles. The Balaban J connectivity index is 2.15. The first-order chi connectivity index (χ1) is 11.8. The topological polar surface area (TPSA) is 50.4 Å². The first-order valence-electron chi connectivity index (χ1n) is 7.92. The van der Waals surface area contributed by atoms with E-state index >= 15 is 0 Å². The summed E-state index contributed by atoms with van der Waals surface area (Å²) in [5.41, 5.74) is 3.54. The summed E-state index contributed by atoms with van der Waals surface area (Å²) < 4.78 is 6.50. The summed E-state index contributed by atoms with van der Waals surface area (Å²) in [6.07, 6.45) is -0.0345. The number of rotatable bonds is 4. The highest BCUT2D eigenvalue weighted by Gasteiger charge is 2.16. The number of carbonyl (C=O) groups is 1. The van der Waals surface area contributed by atoms with Crippen LogP contribution in [0.15, 0.2) is 40.9 Å². The lowest BCUT2D eigenvalue weighted by Gasteiger charge is -2.16. The maximum atomic E-state index is 12.6. The molecule has 0 spiro atoms. The Morgan fingerprint density at radius 2 is 1.92 bits per heavy atom. The zero-order chi connectivity index (χ0) is 18.6. The van der Waals surface area contributed by atoms with Gasteiger partial charge in [-0.2, -0.15) is 0 Å². The Morgan fingerprint density at radius 3 is 2.60 bits per heavy atom. The van der Waals surface area contributed by atoms with Crippen LogP contribution in [0.2, 0.25) is 0 Å². The van der Waals surface area contributed by atoms with Gasteiger partial charge in [-0.3, -0.25) is 10.1 Å². The third-order valence-corrected chi connectivity index (χ3v) is 4.33. The first-order valence-corrected chi connectivity index (χ1v) is 9.13. The third-order valence-electron chi connectivity index (χ3n) is 3.63. The Kier molecular flexibility index (Phi) is 6.56. The fourth-order valence-corrected chi connectivity index (χ4v) is 2.81. The summed E-state index contributed by atoms with van der Waals surface area (Å²) >= 11 is 8.67. The molecule has 0 unspecified atom stereocenters. The lowest BCUT2D eigenvalue weighted by Crippen LogP contribution is -2.34. The van der Waals surface area contributed by atoms with Gasteiger partial charge in [-0.15, -0.1) is 0 Å². The quantitative estimate of drug-likeness (QED) is 0.684. The zero-order valence-corrected chi connectivity index (χ0v) is 17.0. The number of nitrogens with one attached hydrogen (secondary N) is 2. The van der Waals surface area contributed by atoms with Crippen molar-refractivity contribution >= 4 is 44.9 Å². The predicted molar refractivity (Wildman–Crippen MR) is 110 cm³/mol.